The quantitative estimate of drug-likeness (QED) is 0.645. The van der Waals surface area contributed by atoms with E-state index in [9.17, 15) is 0 Å². The summed E-state index contributed by atoms with van der Waals surface area (Å²) >= 11 is 6.44. The number of rotatable bonds is 5. The second-order valence-electron chi connectivity index (χ2n) is 7.51. The fourth-order valence-corrected chi connectivity index (χ4v) is 4.38. The Hall–Kier alpha value is -2.14. The van der Waals surface area contributed by atoms with Crippen LogP contribution in [0.4, 0.5) is 0 Å². The lowest BCUT2D eigenvalue weighted by Crippen LogP contribution is -2.47. The molecule has 1 aliphatic heterocycles. The molecule has 1 saturated heterocycles. The molecule has 1 aliphatic rings. The van der Waals surface area contributed by atoms with Crippen LogP contribution in [-0.4, -0.2) is 45.8 Å². The summed E-state index contributed by atoms with van der Waals surface area (Å²) in [4.78, 5) is 5.08. The predicted octanol–water partition coefficient (Wildman–Crippen LogP) is 4.29. The minimum absolute atomic E-state index is 0.299. The van der Waals surface area contributed by atoms with Gasteiger partial charge in [0.15, 0.2) is 0 Å². The maximum Gasteiger partial charge on any atom is 0.131 e. The molecule has 5 heteroatoms. The topological polar surface area (TPSA) is 24.3 Å². The first kappa shape index (κ1) is 19.2. The molecule has 146 valence electrons. The van der Waals surface area contributed by atoms with Crippen molar-refractivity contribution in [3.63, 3.8) is 0 Å². The Kier molecular flexibility index (Phi) is 5.81. The molecule has 2 heterocycles. The smallest absolute Gasteiger partial charge is 0.131 e. The van der Waals surface area contributed by atoms with Crippen LogP contribution < -0.4 is 0 Å². The third-order valence-electron chi connectivity index (χ3n) is 5.65. The summed E-state index contributed by atoms with van der Waals surface area (Å²) in [5, 5.41) is 5.20. The average molecular weight is 395 g/mol. The van der Waals surface area contributed by atoms with E-state index < -0.39 is 0 Å². The second-order valence-corrected chi connectivity index (χ2v) is 7.87. The highest BCUT2D eigenvalue weighted by atomic mass is 35.5. The molecular weight excluding hydrogens is 368 g/mol. The van der Waals surface area contributed by atoms with Crippen molar-refractivity contribution in [1.82, 2.24) is 19.6 Å². The van der Waals surface area contributed by atoms with Crippen molar-refractivity contribution in [1.29, 1.82) is 0 Å². The zero-order chi connectivity index (χ0) is 19.5. The van der Waals surface area contributed by atoms with E-state index in [-0.39, 0.29) is 0 Å². The van der Waals surface area contributed by atoms with Crippen LogP contribution in [0.3, 0.4) is 0 Å². The highest BCUT2D eigenvalue weighted by Gasteiger charge is 2.27. The Morgan fingerprint density at radius 3 is 1.89 bits per heavy atom. The molecule has 28 heavy (non-hydrogen) atoms. The molecule has 0 unspecified atom stereocenters. The molecule has 0 N–H and O–H groups in total. The zero-order valence-corrected chi connectivity index (χ0v) is 17.3. The predicted molar refractivity (Wildman–Crippen MR) is 115 cm³/mol. The molecule has 3 aromatic rings. The summed E-state index contributed by atoms with van der Waals surface area (Å²) in [6.45, 7) is 7.03. The second kappa shape index (κ2) is 8.48. The maximum atomic E-state index is 6.44. The molecule has 0 amide bonds. The zero-order valence-electron chi connectivity index (χ0n) is 16.6. The lowest BCUT2D eigenvalue weighted by molar-refractivity contribution is 0.105. The molecule has 0 aliphatic carbocycles. The third-order valence-corrected chi connectivity index (χ3v) is 6.13. The molecule has 2 aromatic carbocycles. The van der Waals surface area contributed by atoms with Crippen LogP contribution in [0, 0.1) is 6.92 Å². The highest BCUT2D eigenvalue weighted by Crippen LogP contribution is 2.30. The summed E-state index contributed by atoms with van der Waals surface area (Å²) in [6.07, 6.45) is 0. The van der Waals surface area contributed by atoms with Gasteiger partial charge in [-0.3, -0.25) is 14.5 Å². The van der Waals surface area contributed by atoms with Gasteiger partial charge in [-0.15, -0.1) is 0 Å². The standard InChI is InChI=1S/C23H27ClN4/c1-18-21(23(24)26(2)25-18)17-27-13-15-28(16-14-27)22(19-9-5-3-6-10-19)20-11-7-4-8-12-20/h3-12,22H,13-17H2,1-2H3. The van der Waals surface area contributed by atoms with Crippen molar-refractivity contribution < 1.29 is 0 Å². The van der Waals surface area contributed by atoms with E-state index in [1.54, 1.807) is 4.68 Å². The van der Waals surface area contributed by atoms with Crippen LogP contribution in [0.15, 0.2) is 60.7 Å². The van der Waals surface area contributed by atoms with Gasteiger partial charge < -0.3 is 0 Å². The Bertz CT molecular complexity index is 860. The number of halogens is 1. The van der Waals surface area contributed by atoms with Crippen molar-refractivity contribution >= 4 is 11.6 Å². The van der Waals surface area contributed by atoms with E-state index in [1.807, 2.05) is 14.0 Å². The summed E-state index contributed by atoms with van der Waals surface area (Å²) < 4.78 is 1.77. The van der Waals surface area contributed by atoms with Gasteiger partial charge in [0.25, 0.3) is 0 Å². The van der Waals surface area contributed by atoms with Gasteiger partial charge in [0, 0.05) is 45.3 Å². The number of hydrogen-bond donors (Lipinski definition) is 0. The lowest BCUT2D eigenvalue weighted by atomic mass is 9.96. The molecular formula is C23H27ClN4. The van der Waals surface area contributed by atoms with Gasteiger partial charge in [-0.05, 0) is 18.1 Å². The van der Waals surface area contributed by atoms with Crippen molar-refractivity contribution in [2.45, 2.75) is 19.5 Å². The molecule has 0 bridgehead atoms. The summed E-state index contributed by atoms with van der Waals surface area (Å²) in [7, 11) is 1.90. The molecule has 1 fully saturated rings. The van der Waals surface area contributed by atoms with Crippen LogP contribution in [-0.2, 0) is 13.6 Å². The Labute approximate surface area is 172 Å². The minimum Gasteiger partial charge on any atom is -0.296 e. The van der Waals surface area contributed by atoms with Crippen LogP contribution in [0.25, 0.3) is 0 Å². The molecule has 0 atom stereocenters. The Balaban J connectivity index is 1.49. The number of piperazine rings is 1. The first-order chi connectivity index (χ1) is 13.6. The maximum absolute atomic E-state index is 6.44. The first-order valence-corrected chi connectivity index (χ1v) is 10.3. The lowest BCUT2D eigenvalue weighted by Gasteiger charge is -2.39. The average Bonchev–Trinajstić information content (AvgIpc) is 2.97. The van der Waals surface area contributed by atoms with E-state index in [0.29, 0.717) is 6.04 Å². The Morgan fingerprint density at radius 1 is 0.893 bits per heavy atom. The van der Waals surface area contributed by atoms with E-state index in [0.717, 1.165) is 49.1 Å². The molecule has 1 aromatic heterocycles. The molecule has 4 rings (SSSR count). The van der Waals surface area contributed by atoms with Crippen LogP contribution in [0.5, 0.6) is 0 Å². The van der Waals surface area contributed by atoms with Gasteiger partial charge in [0.2, 0.25) is 0 Å². The van der Waals surface area contributed by atoms with Gasteiger partial charge in [-0.1, -0.05) is 72.3 Å². The number of aromatic nitrogens is 2. The van der Waals surface area contributed by atoms with E-state index >= 15 is 0 Å². The minimum atomic E-state index is 0.299. The SMILES string of the molecule is Cc1nn(C)c(Cl)c1CN1CCN(C(c2ccccc2)c2ccccc2)CC1. The normalized spacial score (nSPS) is 16.0. The highest BCUT2D eigenvalue weighted by molar-refractivity contribution is 6.30. The van der Waals surface area contributed by atoms with Crippen LogP contribution in [0.2, 0.25) is 5.15 Å². The van der Waals surface area contributed by atoms with Gasteiger partial charge >= 0.3 is 0 Å². The summed E-state index contributed by atoms with van der Waals surface area (Å²) in [5.74, 6) is 0. The number of aryl methyl sites for hydroxylation is 2. The number of benzene rings is 2. The summed E-state index contributed by atoms with van der Waals surface area (Å²) in [6, 6.07) is 22.0. The molecule has 0 radical (unpaired) electrons. The van der Waals surface area contributed by atoms with Crippen molar-refractivity contribution in [2.75, 3.05) is 26.2 Å². The van der Waals surface area contributed by atoms with Gasteiger partial charge in [0.1, 0.15) is 5.15 Å². The fraction of sp³-hybridized carbons (Fsp3) is 0.348. The van der Waals surface area contributed by atoms with Gasteiger partial charge in [0.05, 0.1) is 11.7 Å². The van der Waals surface area contributed by atoms with Crippen molar-refractivity contribution in [3.05, 3.63) is 88.2 Å². The monoisotopic (exact) mass is 394 g/mol. The Morgan fingerprint density at radius 2 is 1.43 bits per heavy atom. The van der Waals surface area contributed by atoms with E-state index in [4.69, 9.17) is 11.6 Å². The molecule has 0 saturated carbocycles. The largest absolute Gasteiger partial charge is 0.296 e. The van der Waals surface area contributed by atoms with E-state index in [1.165, 1.54) is 11.1 Å². The van der Waals surface area contributed by atoms with E-state index in [2.05, 4.69) is 75.6 Å². The first-order valence-electron chi connectivity index (χ1n) is 9.88. The summed E-state index contributed by atoms with van der Waals surface area (Å²) in [5.41, 5.74) is 4.89. The third kappa shape index (κ3) is 4.00. The molecule has 4 nitrogen and oxygen atoms in total. The number of nitrogens with zero attached hydrogens (tertiary/aromatic N) is 4. The van der Waals surface area contributed by atoms with Gasteiger partial charge in [-0.25, -0.2) is 0 Å². The molecule has 0 spiro atoms. The number of hydrogen-bond acceptors (Lipinski definition) is 3. The van der Waals surface area contributed by atoms with Crippen LogP contribution >= 0.6 is 11.6 Å². The van der Waals surface area contributed by atoms with Crippen molar-refractivity contribution in [3.8, 4) is 0 Å². The van der Waals surface area contributed by atoms with Crippen molar-refractivity contribution in [2.24, 2.45) is 7.05 Å². The fourth-order valence-electron chi connectivity index (χ4n) is 4.14. The van der Waals surface area contributed by atoms with Gasteiger partial charge in [-0.2, -0.15) is 5.10 Å². The van der Waals surface area contributed by atoms with Crippen LogP contribution in [0.1, 0.15) is 28.4 Å².